The van der Waals surface area contributed by atoms with Gasteiger partial charge in [0.25, 0.3) is 0 Å². The summed E-state index contributed by atoms with van der Waals surface area (Å²) in [5.41, 5.74) is 0.966. The first-order chi connectivity index (χ1) is 7.49. The summed E-state index contributed by atoms with van der Waals surface area (Å²) in [5.74, 6) is 4.35. The molecule has 0 aromatic heterocycles. The highest BCUT2D eigenvalue weighted by molar-refractivity contribution is 7.99. The molecule has 0 aromatic rings. The molecule has 0 heterocycles. The van der Waals surface area contributed by atoms with E-state index in [-0.39, 0.29) is 0 Å². The molecule has 0 aliphatic heterocycles. The SMILES string of the molecule is CC(CSCC(C)CC(C)(C)C)CC(C)(C)C. The average Bonchev–Trinajstić information content (AvgIpc) is 1.95. The molecule has 0 rings (SSSR count). The van der Waals surface area contributed by atoms with Gasteiger partial charge in [0.15, 0.2) is 0 Å². The van der Waals surface area contributed by atoms with Crippen molar-refractivity contribution in [3.05, 3.63) is 0 Å². The van der Waals surface area contributed by atoms with Gasteiger partial charge in [0.2, 0.25) is 0 Å². The van der Waals surface area contributed by atoms with E-state index in [9.17, 15) is 0 Å². The fourth-order valence-electron chi connectivity index (χ4n) is 2.68. The van der Waals surface area contributed by atoms with Crippen LogP contribution >= 0.6 is 11.8 Å². The van der Waals surface area contributed by atoms with Crippen LogP contribution < -0.4 is 0 Å². The number of rotatable bonds is 6. The van der Waals surface area contributed by atoms with Crippen molar-refractivity contribution >= 4 is 11.8 Å². The van der Waals surface area contributed by atoms with Gasteiger partial charge in [0.1, 0.15) is 0 Å². The van der Waals surface area contributed by atoms with Crippen LogP contribution in [0.2, 0.25) is 0 Å². The van der Waals surface area contributed by atoms with Gasteiger partial charge in [0.05, 0.1) is 0 Å². The minimum absolute atomic E-state index is 0.483. The van der Waals surface area contributed by atoms with Gasteiger partial charge < -0.3 is 0 Å². The van der Waals surface area contributed by atoms with Gasteiger partial charge >= 0.3 is 0 Å². The maximum Gasteiger partial charge on any atom is -0.00415 e. The summed E-state index contributed by atoms with van der Waals surface area (Å²) in [4.78, 5) is 0. The Morgan fingerprint density at radius 3 is 1.24 bits per heavy atom. The fourth-order valence-corrected chi connectivity index (χ4v) is 3.86. The lowest BCUT2D eigenvalue weighted by Gasteiger charge is -2.25. The summed E-state index contributed by atoms with van der Waals surface area (Å²) in [6, 6.07) is 0. The molecule has 0 nitrogen and oxygen atoms in total. The third kappa shape index (κ3) is 12.6. The van der Waals surface area contributed by atoms with Crippen molar-refractivity contribution in [2.45, 2.75) is 68.2 Å². The Balaban J connectivity index is 3.70. The van der Waals surface area contributed by atoms with Crippen LogP contribution in [0, 0.1) is 22.7 Å². The zero-order valence-electron chi connectivity index (χ0n) is 13.4. The van der Waals surface area contributed by atoms with Crippen LogP contribution in [0.4, 0.5) is 0 Å². The van der Waals surface area contributed by atoms with Gasteiger partial charge in [-0.15, -0.1) is 0 Å². The van der Waals surface area contributed by atoms with E-state index in [1.165, 1.54) is 24.3 Å². The zero-order chi connectivity index (χ0) is 13.7. The quantitative estimate of drug-likeness (QED) is 0.574. The maximum absolute atomic E-state index is 2.40. The maximum atomic E-state index is 2.40. The van der Waals surface area contributed by atoms with Crippen LogP contribution in [0.1, 0.15) is 68.2 Å². The molecule has 0 N–H and O–H groups in total. The molecule has 0 spiro atoms. The van der Waals surface area contributed by atoms with Crippen molar-refractivity contribution in [3.8, 4) is 0 Å². The molecule has 0 amide bonds. The molecular formula is C16H34S. The summed E-state index contributed by atoms with van der Waals surface area (Å²) in [6.45, 7) is 18.9. The second kappa shape index (κ2) is 7.07. The first kappa shape index (κ1) is 17.4. The molecule has 0 aliphatic carbocycles. The second-order valence-corrected chi connectivity index (χ2v) is 9.35. The standard InChI is InChI=1S/C16H34S/c1-13(9-15(3,4)5)11-17-12-14(2)10-16(6,7)8/h13-14H,9-12H2,1-8H3. The Kier molecular flexibility index (Phi) is 7.21. The van der Waals surface area contributed by atoms with Crippen molar-refractivity contribution in [1.29, 1.82) is 0 Å². The van der Waals surface area contributed by atoms with Crippen LogP contribution in [0.3, 0.4) is 0 Å². The largest absolute Gasteiger partial charge is 0.161 e. The summed E-state index contributed by atoms with van der Waals surface area (Å²) >= 11 is 2.15. The predicted molar refractivity (Wildman–Crippen MR) is 83.8 cm³/mol. The van der Waals surface area contributed by atoms with Gasteiger partial charge in [-0.1, -0.05) is 55.4 Å². The summed E-state index contributed by atoms with van der Waals surface area (Å²) in [5, 5.41) is 0. The molecule has 0 radical (unpaired) electrons. The van der Waals surface area contributed by atoms with Crippen molar-refractivity contribution < 1.29 is 0 Å². The molecule has 0 aliphatic rings. The van der Waals surface area contributed by atoms with Crippen molar-refractivity contribution in [2.24, 2.45) is 22.7 Å². The molecule has 2 unspecified atom stereocenters. The smallest absolute Gasteiger partial charge is 0.00415 e. The lowest BCUT2D eigenvalue weighted by Crippen LogP contribution is -2.15. The molecule has 0 saturated heterocycles. The molecule has 0 fully saturated rings. The monoisotopic (exact) mass is 258 g/mol. The van der Waals surface area contributed by atoms with Crippen molar-refractivity contribution in [2.75, 3.05) is 11.5 Å². The number of thioether (sulfide) groups is 1. The van der Waals surface area contributed by atoms with E-state index < -0.39 is 0 Å². The van der Waals surface area contributed by atoms with E-state index in [1.807, 2.05) is 0 Å². The Morgan fingerprint density at radius 1 is 0.706 bits per heavy atom. The zero-order valence-corrected chi connectivity index (χ0v) is 14.2. The molecule has 0 saturated carbocycles. The molecule has 2 atom stereocenters. The van der Waals surface area contributed by atoms with Gasteiger partial charge in [-0.05, 0) is 47.0 Å². The lowest BCUT2D eigenvalue weighted by molar-refractivity contribution is 0.320. The molecule has 1 heteroatoms. The van der Waals surface area contributed by atoms with Crippen LogP contribution in [-0.4, -0.2) is 11.5 Å². The van der Waals surface area contributed by atoms with Crippen molar-refractivity contribution in [3.63, 3.8) is 0 Å². The minimum atomic E-state index is 0.483. The Labute approximate surface area is 114 Å². The highest BCUT2D eigenvalue weighted by atomic mass is 32.2. The second-order valence-electron chi connectivity index (χ2n) is 8.28. The van der Waals surface area contributed by atoms with Gasteiger partial charge in [0, 0.05) is 0 Å². The van der Waals surface area contributed by atoms with Crippen LogP contribution in [0.25, 0.3) is 0 Å². The molecule has 0 bridgehead atoms. The number of hydrogen-bond acceptors (Lipinski definition) is 1. The van der Waals surface area contributed by atoms with E-state index in [0.29, 0.717) is 10.8 Å². The normalized spacial score (nSPS) is 16.9. The molecule has 0 aromatic carbocycles. The lowest BCUT2D eigenvalue weighted by atomic mass is 9.86. The van der Waals surface area contributed by atoms with Crippen LogP contribution in [0.15, 0.2) is 0 Å². The minimum Gasteiger partial charge on any atom is -0.161 e. The first-order valence-corrected chi connectivity index (χ1v) is 8.23. The van der Waals surface area contributed by atoms with Crippen LogP contribution in [0.5, 0.6) is 0 Å². The van der Waals surface area contributed by atoms with Gasteiger partial charge in [-0.25, -0.2) is 0 Å². The Hall–Kier alpha value is 0.350. The first-order valence-electron chi connectivity index (χ1n) is 7.07. The highest BCUT2D eigenvalue weighted by Crippen LogP contribution is 2.29. The average molecular weight is 259 g/mol. The Morgan fingerprint density at radius 2 is 1.00 bits per heavy atom. The third-order valence-corrected chi connectivity index (χ3v) is 4.34. The van der Waals surface area contributed by atoms with E-state index in [1.54, 1.807) is 0 Å². The molecule has 104 valence electrons. The van der Waals surface area contributed by atoms with E-state index >= 15 is 0 Å². The van der Waals surface area contributed by atoms with Crippen molar-refractivity contribution in [1.82, 2.24) is 0 Å². The number of hydrogen-bond donors (Lipinski definition) is 0. The van der Waals surface area contributed by atoms with E-state index in [0.717, 1.165) is 11.8 Å². The molecular weight excluding hydrogens is 224 g/mol. The topological polar surface area (TPSA) is 0 Å². The Bertz CT molecular complexity index is 173. The summed E-state index contributed by atoms with van der Waals surface area (Å²) in [7, 11) is 0. The van der Waals surface area contributed by atoms with E-state index in [2.05, 4.69) is 67.2 Å². The van der Waals surface area contributed by atoms with E-state index in [4.69, 9.17) is 0 Å². The molecule has 17 heavy (non-hydrogen) atoms. The highest BCUT2D eigenvalue weighted by Gasteiger charge is 2.17. The summed E-state index contributed by atoms with van der Waals surface area (Å²) < 4.78 is 0. The van der Waals surface area contributed by atoms with Gasteiger partial charge in [-0.3, -0.25) is 0 Å². The predicted octanol–water partition coefficient (Wildman–Crippen LogP) is 5.86. The third-order valence-electron chi connectivity index (χ3n) is 2.73. The fraction of sp³-hybridized carbons (Fsp3) is 1.00. The summed E-state index contributed by atoms with van der Waals surface area (Å²) in [6.07, 6.45) is 2.68. The van der Waals surface area contributed by atoms with Crippen LogP contribution in [-0.2, 0) is 0 Å². The van der Waals surface area contributed by atoms with Gasteiger partial charge in [-0.2, -0.15) is 11.8 Å².